The van der Waals surface area contributed by atoms with Crippen LogP contribution in [0.1, 0.15) is 13.3 Å². The van der Waals surface area contributed by atoms with Crippen molar-refractivity contribution in [1.29, 1.82) is 0 Å². The summed E-state index contributed by atoms with van der Waals surface area (Å²) in [4.78, 5) is 0. The van der Waals surface area contributed by atoms with Crippen LogP contribution in [0.4, 0.5) is 0 Å². The summed E-state index contributed by atoms with van der Waals surface area (Å²) in [6.07, 6.45) is 5.96. The standard InChI is InChI=1S/C13H16BrNO/c1-3-4-11(2)15-9-10-16-13-7-5-12(14)6-8-13/h1,5-8,11,15H,4,9-10H2,2H3. The number of hydrogen-bond donors (Lipinski definition) is 1. The summed E-state index contributed by atoms with van der Waals surface area (Å²) in [5, 5.41) is 3.29. The van der Waals surface area contributed by atoms with Gasteiger partial charge in [-0.1, -0.05) is 15.9 Å². The molecule has 0 amide bonds. The van der Waals surface area contributed by atoms with Crippen LogP contribution in [0.3, 0.4) is 0 Å². The molecule has 0 aliphatic rings. The van der Waals surface area contributed by atoms with Gasteiger partial charge < -0.3 is 10.1 Å². The molecule has 2 nitrogen and oxygen atoms in total. The molecule has 0 spiro atoms. The van der Waals surface area contributed by atoms with Crippen LogP contribution < -0.4 is 10.1 Å². The molecule has 3 heteroatoms. The van der Waals surface area contributed by atoms with Gasteiger partial charge in [-0.2, -0.15) is 0 Å². The summed E-state index contributed by atoms with van der Waals surface area (Å²) in [5.41, 5.74) is 0. The molecule has 1 aromatic carbocycles. The van der Waals surface area contributed by atoms with Crippen molar-refractivity contribution in [2.75, 3.05) is 13.2 Å². The first-order chi connectivity index (χ1) is 7.72. The molecule has 0 saturated carbocycles. The van der Waals surface area contributed by atoms with Gasteiger partial charge in [0.15, 0.2) is 0 Å². The highest BCUT2D eigenvalue weighted by Gasteiger charge is 1.98. The molecule has 0 aliphatic heterocycles. The Hall–Kier alpha value is -0.980. The second-order valence-corrected chi connectivity index (χ2v) is 4.48. The van der Waals surface area contributed by atoms with E-state index in [0.717, 1.165) is 23.2 Å². The molecule has 0 bridgehead atoms. The average molecular weight is 282 g/mol. The average Bonchev–Trinajstić information content (AvgIpc) is 2.27. The zero-order valence-electron chi connectivity index (χ0n) is 9.37. The van der Waals surface area contributed by atoms with Crippen LogP contribution in [-0.4, -0.2) is 19.2 Å². The number of terminal acetylenes is 1. The Kier molecular flexibility index (Phi) is 5.99. The van der Waals surface area contributed by atoms with Gasteiger partial charge >= 0.3 is 0 Å². The monoisotopic (exact) mass is 281 g/mol. The first-order valence-corrected chi connectivity index (χ1v) is 6.07. The van der Waals surface area contributed by atoms with E-state index in [-0.39, 0.29) is 0 Å². The minimum absolute atomic E-state index is 0.346. The second-order valence-electron chi connectivity index (χ2n) is 3.57. The third-order valence-electron chi connectivity index (χ3n) is 2.10. The SMILES string of the molecule is C#CCC(C)NCCOc1ccc(Br)cc1. The molecule has 86 valence electrons. The van der Waals surface area contributed by atoms with Gasteiger partial charge in [0.2, 0.25) is 0 Å². The van der Waals surface area contributed by atoms with Gasteiger partial charge in [0.25, 0.3) is 0 Å². The summed E-state index contributed by atoms with van der Waals surface area (Å²) < 4.78 is 6.61. The molecule has 0 radical (unpaired) electrons. The Morgan fingerprint density at radius 3 is 2.75 bits per heavy atom. The molecule has 1 N–H and O–H groups in total. The van der Waals surface area contributed by atoms with E-state index < -0.39 is 0 Å². The van der Waals surface area contributed by atoms with Crippen LogP contribution >= 0.6 is 15.9 Å². The lowest BCUT2D eigenvalue weighted by atomic mass is 10.2. The van der Waals surface area contributed by atoms with E-state index in [9.17, 15) is 0 Å². The first-order valence-electron chi connectivity index (χ1n) is 5.27. The van der Waals surface area contributed by atoms with Crippen LogP contribution in [0.15, 0.2) is 28.7 Å². The van der Waals surface area contributed by atoms with E-state index in [4.69, 9.17) is 11.2 Å². The van der Waals surface area contributed by atoms with Crippen molar-refractivity contribution in [3.63, 3.8) is 0 Å². The number of rotatable bonds is 6. The van der Waals surface area contributed by atoms with Gasteiger partial charge in [0, 0.05) is 23.5 Å². The van der Waals surface area contributed by atoms with Crippen molar-refractivity contribution in [2.24, 2.45) is 0 Å². The molecule has 0 aromatic heterocycles. The maximum atomic E-state index is 5.55. The zero-order chi connectivity index (χ0) is 11.8. The molecule has 0 aliphatic carbocycles. The van der Waals surface area contributed by atoms with Gasteiger partial charge in [0.05, 0.1) is 0 Å². The molecule has 0 fully saturated rings. The molecule has 0 saturated heterocycles. The Morgan fingerprint density at radius 1 is 1.44 bits per heavy atom. The van der Waals surface area contributed by atoms with Crippen LogP contribution in [0, 0.1) is 12.3 Å². The van der Waals surface area contributed by atoms with E-state index >= 15 is 0 Å². The van der Waals surface area contributed by atoms with Crippen molar-refractivity contribution in [1.82, 2.24) is 5.32 Å². The Bertz CT molecular complexity index is 342. The number of hydrogen-bond acceptors (Lipinski definition) is 2. The van der Waals surface area contributed by atoms with Gasteiger partial charge in [-0.25, -0.2) is 0 Å². The van der Waals surface area contributed by atoms with E-state index in [0.29, 0.717) is 12.6 Å². The van der Waals surface area contributed by atoms with E-state index in [1.807, 2.05) is 24.3 Å². The fourth-order valence-electron chi connectivity index (χ4n) is 1.25. The normalized spacial score (nSPS) is 11.8. The highest BCUT2D eigenvalue weighted by molar-refractivity contribution is 9.10. The third kappa shape index (κ3) is 5.20. The number of nitrogens with one attached hydrogen (secondary N) is 1. The fourth-order valence-corrected chi connectivity index (χ4v) is 1.52. The molecule has 1 atom stereocenters. The maximum Gasteiger partial charge on any atom is 0.119 e. The number of ether oxygens (including phenoxy) is 1. The van der Waals surface area contributed by atoms with E-state index in [1.54, 1.807) is 0 Å². The van der Waals surface area contributed by atoms with Crippen molar-refractivity contribution in [3.8, 4) is 18.1 Å². The predicted molar refractivity (Wildman–Crippen MR) is 70.6 cm³/mol. The Morgan fingerprint density at radius 2 is 2.12 bits per heavy atom. The largest absolute Gasteiger partial charge is 0.492 e. The van der Waals surface area contributed by atoms with Gasteiger partial charge in [0.1, 0.15) is 12.4 Å². The van der Waals surface area contributed by atoms with Crippen LogP contribution in [0.2, 0.25) is 0 Å². The van der Waals surface area contributed by atoms with Gasteiger partial charge in [-0.05, 0) is 31.2 Å². The van der Waals surface area contributed by atoms with Gasteiger partial charge in [-0.3, -0.25) is 0 Å². The first kappa shape index (κ1) is 13.1. The summed E-state index contributed by atoms with van der Waals surface area (Å²) >= 11 is 3.38. The molecule has 1 unspecified atom stereocenters. The lowest BCUT2D eigenvalue weighted by Crippen LogP contribution is -2.29. The van der Waals surface area contributed by atoms with Crippen molar-refractivity contribution >= 4 is 15.9 Å². The minimum Gasteiger partial charge on any atom is -0.492 e. The summed E-state index contributed by atoms with van der Waals surface area (Å²) in [6, 6.07) is 8.15. The van der Waals surface area contributed by atoms with Crippen molar-refractivity contribution in [2.45, 2.75) is 19.4 Å². The highest BCUT2D eigenvalue weighted by Crippen LogP contribution is 2.15. The molecule has 16 heavy (non-hydrogen) atoms. The van der Waals surface area contributed by atoms with Crippen LogP contribution in [0.25, 0.3) is 0 Å². The van der Waals surface area contributed by atoms with Crippen molar-refractivity contribution < 1.29 is 4.74 Å². The number of halogens is 1. The summed E-state index contributed by atoms with van der Waals surface area (Å²) in [7, 11) is 0. The lowest BCUT2D eigenvalue weighted by Gasteiger charge is -2.11. The molecule has 1 aromatic rings. The van der Waals surface area contributed by atoms with E-state index in [1.165, 1.54) is 0 Å². The van der Waals surface area contributed by atoms with Gasteiger partial charge in [-0.15, -0.1) is 12.3 Å². The van der Waals surface area contributed by atoms with Crippen molar-refractivity contribution in [3.05, 3.63) is 28.7 Å². The molecule has 0 heterocycles. The highest BCUT2D eigenvalue weighted by atomic mass is 79.9. The quantitative estimate of drug-likeness (QED) is 0.640. The Labute approximate surface area is 106 Å². The zero-order valence-corrected chi connectivity index (χ0v) is 11.0. The van der Waals surface area contributed by atoms with Crippen LogP contribution in [-0.2, 0) is 0 Å². The fraction of sp³-hybridized carbons (Fsp3) is 0.385. The van der Waals surface area contributed by atoms with E-state index in [2.05, 4.69) is 34.1 Å². The lowest BCUT2D eigenvalue weighted by molar-refractivity contribution is 0.307. The Balaban J connectivity index is 2.16. The summed E-state index contributed by atoms with van der Waals surface area (Å²) in [5.74, 6) is 3.51. The second kappa shape index (κ2) is 7.32. The van der Waals surface area contributed by atoms with Crippen LogP contribution in [0.5, 0.6) is 5.75 Å². The smallest absolute Gasteiger partial charge is 0.119 e. The minimum atomic E-state index is 0.346. The molecule has 1 rings (SSSR count). The third-order valence-corrected chi connectivity index (χ3v) is 2.63. The number of benzene rings is 1. The maximum absolute atomic E-state index is 5.55. The predicted octanol–water partition coefficient (Wildman–Crippen LogP) is 2.83. The molecular formula is C13H16BrNO. The summed E-state index contributed by atoms with van der Waals surface area (Å²) in [6.45, 7) is 3.52. The topological polar surface area (TPSA) is 21.3 Å². The molecular weight excluding hydrogens is 266 g/mol.